The Hall–Kier alpha value is -1.48. The summed E-state index contributed by atoms with van der Waals surface area (Å²) in [6.07, 6.45) is 4.87. The third-order valence-electron chi connectivity index (χ3n) is 4.19. The van der Waals surface area contributed by atoms with Gasteiger partial charge in [0.1, 0.15) is 0 Å². The SMILES string of the molecule is CN1CC2CC(C1)c1cc3nccnc3cc12. The van der Waals surface area contributed by atoms with E-state index < -0.39 is 0 Å². The van der Waals surface area contributed by atoms with E-state index >= 15 is 0 Å². The molecule has 1 aromatic heterocycles. The summed E-state index contributed by atoms with van der Waals surface area (Å²) in [4.78, 5) is 11.3. The number of hydrogen-bond acceptors (Lipinski definition) is 3. The van der Waals surface area contributed by atoms with E-state index in [1.165, 1.54) is 30.6 Å². The molecular weight excluding hydrogens is 210 g/mol. The highest BCUT2D eigenvalue weighted by Gasteiger charge is 2.36. The Morgan fingerprint density at radius 1 is 1.00 bits per heavy atom. The van der Waals surface area contributed by atoms with Crippen LogP contribution < -0.4 is 0 Å². The predicted octanol–water partition coefficient (Wildman–Crippen LogP) is 2.15. The van der Waals surface area contributed by atoms with Gasteiger partial charge in [0.2, 0.25) is 0 Å². The van der Waals surface area contributed by atoms with E-state index in [0.29, 0.717) is 11.8 Å². The quantitative estimate of drug-likeness (QED) is 0.688. The van der Waals surface area contributed by atoms with Crippen molar-refractivity contribution in [3.05, 3.63) is 35.7 Å². The number of nitrogens with zero attached hydrogens (tertiary/aromatic N) is 3. The molecule has 2 unspecified atom stereocenters. The minimum Gasteiger partial charge on any atom is -0.305 e. The van der Waals surface area contributed by atoms with E-state index in [2.05, 4.69) is 34.0 Å². The van der Waals surface area contributed by atoms with Crippen molar-refractivity contribution in [1.29, 1.82) is 0 Å². The monoisotopic (exact) mass is 225 g/mol. The van der Waals surface area contributed by atoms with E-state index in [4.69, 9.17) is 0 Å². The highest BCUT2D eigenvalue weighted by Crippen LogP contribution is 2.46. The Morgan fingerprint density at radius 3 is 2.06 bits per heavy atom. The first-order valence-corrected chi connectivity index (χ1v) is 6.24. The molecular formula is C14H15N3. The maximum Gasteiger partial charge on any atom is 0.0889 e. The largest absolute Gasteiger partial charge is 0.305 e. The van der Waals surface area contributed by atoms with Gasteiger partial charge >= 0.3 is 0 Å². The topological polar surface area (TPSA) is 29.0 Å². The van der Waals surface area contributed by atoms with E-state index in [1.807, 2.05) is 0 Å². The second-order valence-electron chi connectivity index (χ2n) is 5.38. The lowest BCUT2D eigenvalue weighted by Crippen LogP contribution is -2.31. The van der Waals surface area contributed by atoms with Crippen LogP contribution in [0.15, 0.2) is 24.5 Å². The van der Waals surface area contributed by atoms with Crippen LogP contribution in [0, 0.1) is 0 Å². The van der Waals surface area contributed by atoms with E-state index in [-0.39, 0.29) is 0 Å². The lowest BCUT2D eigenvalue weighted by atomic mass is 9.96. The van der Waals surface area contributed by atoms with Gasteiger partial charge in [-0.1, -0.05) is 0 Å². The number of rotatable bonds is 0. The zero-order valence-electron chi connectivity index (χ0n) is 9.93. The van der Waals surface area contributed by atoms with Crippen LogP contribution in [-0.4, -0.2) is 35.0 Å². The highest BCUT2D eigenvalue weighted by atomic mass is 15.1. The van der Waals surface area contributed by atoms with Crippen molar-refractivity contribution >= 4 is 11.0 Å². The maximum atomic E-state index is 4.42. The van der Waals surface area contributed by atoms with Crippen LogP contribution >= 0.6 is 0 Å². The Morgan fingerprint density at radius 2 is 1.53 bits per heavy atom. The van der Waals surface area contributed by atoms with Crippen molar-refractivity contribution in [2.45, 2.75) is 18.3 Å². The second-order valence-corrected chi connectivity index (χ2v) is 5.38. The lowest BCUT2D eigenvalue weighted by Gasteiger charge is -2.28. The lowest BCUT2D eigenvalue weighted by molar-refractivity contribution is 0.245. The van der Waals surface area contributed by atoms with Gasteiger partial charge in [-0.05, 0) is 48.6 Å². The number of hydrogen-bond donors (Lipinski definition) is 0. The molecule has 1 aromatic carbocycles. The molecule has 3 heteroatoms. The van der Waals surface area contributed by atoms with Crippen LogP contribution in [0.4, 0.5) is 0 Å². The molecule has 0 radical (unpaired) electrons. The Labute approximate surface area is 100 Å². The zero-order chi connectivity index (χ0) is 11.4. The summed E-state index contributed by atoms with van der Waals surface area (Å²) in [6, 6.07) is 4.53. The Balaban J connectivity index is 1.95. The Bertz CT molecular complexity index is 543. The zero-order valence-corrected chi connectivity index (χ0v) is 9.93. The molecule has 4 rings (SSSR count). The molecule has 0 saturated carbocycles. The minimum atomic E-state index is 0.708. The fraction of sp³-hybridized carbons (Fsp3) is 0.429. The van der Waals surface area contributed by atoms with Crippen LogP contribution in [0.1, 0.15) is 29.4 Å². The van der Waals surface area contributed by atoms with Gasteiger partial charge in [0, 0.05) is 25.5 Å². The van der Waals surface area contributed by atoms with Crippen molar-refractivity contribution in [3.8, 4) is 0 Å². The molecule has 0 N–H and O–H groups in total. The molecule has 1 fully saturated rings. The minimum absolute atomic E-state index is 0.708. The molecule has 0 spiro atoms. The molecule has 1 aliphatic carbocycles. The summed E-state index contributed by atoms with van der Waals surface area (Å²) in [5, 5.41) is 0. The van der Waals surface area contributed by atoms with Gasteiger partial charge in [0.05, 0.1) is 11.0 Å². The predicted molar refractivity (Wildman–Crippen MR) is 67.1 cm³/mol. The van der Waals surface area contributed by atoms with Crippen LogP contribution in [0.3, 0.4) is 0 Å². The third-order valence-corrected chi connectivity index (χ3v) is 4.19. The first-order valence-electron chi connectivity index (χ1n) is 6.24. The van der Waals surface area contributed by atoms with Gasteiger partial charge in [-0.2, -0.15) is 0 Å². The smallest absolute Gasteiger partial charge is 0.0889 e. The number of likely N-dealkylation sites (tertiary alicyclic amines) is 1. The van der Waals surface area contributed by atoms with Gasteiger partial charge in [-0.3, -0.25) is 9.97 Å². The van der Waals surface area contributed by atoms with Gasteiger partial charge in [-0.15, -0.1) is 0 Å². The van der Waals surface area contributed by atoms with Crippen molar-refractivity contribution in [3.63, 3.8) is 0 Å². The van der Waals surface area contributed by atoms with Crippen molar-refractivity contribution in [2.75, 3.05) is 20.1 Å². The summed E-state index contributed by atoms with van der Waals surface area (Å²) in [7, 11) is 2.22. The van der Waals surface area contributed by atoms with Gasteiger partial charge in [-0.25, -0.2) is 0 Å². The molecule has 2 heterocycles. The van der Waals surface area contributed by atoms with Gasteiger partial charge in [0.15, 0.2) is 0 Å². The highest BCUT2D eigenvalue weighted by molar-refractivity contribution is 5.77. The maximum absolute atomic E-state index is 4.42. The van der Waals surface area contributed by atoms with E-state index in [1.54, 1.807) is 12.4 Å². The number of likely N-dealkylation sites (N-methyl/N-ethyl adjacent to an activating group) is 1. The first kappa shape index (κ1) is 9.54. The molecule has 2 atom stereocenters. The molecule has 2 bridgehead atoms. The van der Waals surface area contributed by atoms with Crippen molar-refractivity contribution < 1.29 is 0 Å². The molecule has 1 saturated heterocycles. The van der Waals surface area contributed by atoms with Crippen molar-refractivity contribution in [2.24, 2.45) is 0 Å². The fourth-order valence-electron chi connectivity index (χ4n) is 3.52. The fourth-order valence-corrected chi connectivity index (χ4v) is 3.52. The normalized spacial score (nSPS) is 27.4. The third kappa shape index (κ3) is 1.32. The average Bonchev–Trinajstić information content (AvgIpc) is 2.59. The molecule has 0 amide bonds. The van der Waals surface area contributed by atoms with Gasteiger partial charge < -0.3 is 4.90 Å². The summed E-state index contributed by atoms with van der Waals surface area (Å²) in [5.41, 5.74) is 5.13. The summed E-state index contributed by atoms with van der Waals surface area (Å²) < 4.78 is 0. The molecule has 2 aromatic rings. The average molecular weight is 225 g/mol. The van der Waals surface area contributed by atoms with Crippen molar-refractivity contribution in [1.82, 2.24) is 14.9 Å². The second kappa shape index (κ2) is 3.26. The van der Waals surface area contributed by atoms with E-state index in [9.17, 15) is 0 Å². The summed E-state index contributed by atoms with van der Waals surface area (Å²) >= 11 is 0. The molecule has 3 nitrogen and oxygen atoms in total. The number of fused-ring (bicyclic) bond motifs is 6. The molecule has 2 aliphatic rings. The van der Waals surface area contributed by atoms with Crippen LogP contribution in [0.2, 0.25) is 0 Å². The van der Waals surface area contributed by atoms with Gasteiger partial charge in [0.25, 0.3) is 0 Å². The number of piperidine rings is 1. The number of aromatic nitrogens is 2. The standard InChI is InChI=1S/C14H15N3/c1-17-7-9-4-10(8-17)12-6-14-13(5-11(9)12)15-2-3-16-14/h2-3,5-6,9-10H,4,7-8H2,1H3. The Kier molecular flexibility index (Phi) is 1.83. The summed E-state index contributed by atoms with van der Waals surface area (Å²) in [6.45, 7) is 2.38. The molecule has 86 valence electrons. The van der Waals surface area contributed by atoms with Crippen LogP contribution in [0.25, 0.3) is 11.0 Å². The summed E-state index contributed by atoms with van der Waals surface area (Å²) in [5.74, 6) is 1.42. The molecule has 1 aliphatic heterocycles. The van der Waals surface area contributed by atoms with E-state index in [0.717, 1.165) is 11.0 Å². The van der Waals surface area contributed by atoms with Crippen LogP contribution in [0.5, 0.6) is 0 Å². The number of benzene rings is 1. The first-order chi connectivity index (χ1) is 8.31. The molecule has 17 heavy (non-hydrogen) atoms. The van der Waals surface area contributed by atoms with Crippen LogP contribution in [-0.2, 0) is 0 Å².